The van der Waals surface area contributed by atoms with Gasteiger partial charge in [-0.1, -0.05) is 12.1 Å². The van der Waals surface area contributed by atoms with Crippen LogP contribution in [0.25, 0.3) is 0 Å². The molecule has 0 aliphatic heterocycles. The normalized spacial score (nSPS) is 18.0. The lowest BCUT2D eigenvalue weighted by molar-refractivity contribution is 0.0195. The highest BCUT2D eigenvalue weighted by atomic mass is 16.5. The largest absolute Gasteiger partial charge is 0.459 e. The summed E-state index contributed by atoms with van der Waals surface area (Å²) in [6.07, 6.45) is 3.50. The first kappa shape index (κ1) is 21.4. The molecule has 0 aromatic heterocycles. The molecule has 0 unspecified atom stereocenters. The van der Waals surface area contributed by atoms with Gasteiger partial charge in [-0.05, 0) is 97.8 Å². The summed E-state index contributed by atoms with van der Waals surface area (Å²) in [7, 11) is 0. The number of hydrogen-bond donors (Lipinski definition) is 2. The minimum atomic E-state index is -0.504. The Morgan fingerprint density at radius 2 is 1.16 bits per heavy atom. The highest BCUT2D eigenvalue weighted by Gasteiger charge is 2.25. The average Bonchev–Trinajstić information content (AvgIpc) is 2.82. The summed E-state index contributed by atoms with van der Waals surface area (Å²) in [4.78, 5) is 24.8. The topological polar surface area (TPSA) is 105 Å². The second kappa shape index (κ2) is 9.56. The van der Waals surface area contributed by atoms with Crippen molar-refractivity contribution in [1.82, 2.24) is 0 Å². The van der Waals surface area contributed by atoms with Gasteiger partial charge in [0.2, 0.25) is 0 Å². The number of carbonyl (C=O) groups excluding carboxylic acids is 2. The van der Waals surface area contributed by atoms with E-state index in [1.165, 1.54) is 5.56 Å². The van der Waals surface area contributed by atoms with Crippen LogP contribution < -0.4 is 16.2 Å². The Morgan fingerprint density at radius 1 is 0.656 bits per heavy atom. The lowest BCUT2D eigenvalue weighted by atomic mass is 9.82. The molecule has 0 radical (unpaired) electrons. The van der Waals surface area contributed by atoms with Crippen LogP contribution in [0.4, 0.5) is 11.4 Å². The third-order valence-corrected chi connectivity index (χ3v) is 5.80. The first-order valence-corrected chi connectivity index (χ1v) is 10.7. The summed E-state index contributed by atoms with van der Waals surface area (Å²) < 4.78 is 11.0. The molecule has 164 valence electrons. The van der Waals surface area contributed by atoms with E-state index < -0.39 is 5.97 Å². The molecule has 0 atom stereocenters. The van der Waals surface area contributed by atoms with Crippen molar-refractivity contribution in [3.05, 3.63) is 89.5 Å². The van der Waals surface area contributed by atoms with Gasteiger partial charge in [-0.3, -0.25) is 0 Å². The van der Waals surface area contributed by atoms with Crippen LogP contribution >= 0.6 is 0 Å². The molecule has 6 nitrogen and oxygen atoms in total. The van der Waals surface area contributed by atoms with E-state index in [-0.39, 0.29) is 12.1 Å². The van der Waals surface area contributed by atoms with E-state index in [2.05, 4.69) is 12.1 Å². The van der Waals surface area contributed by atoms with Crippen LogP contribution in [0.3, 0.4) is 0 Å². The van der Waals surface area contributed by atoms with Crippen LogP contribution in [0.15, 0.2) is 72.8 Å². The predicted octanol–water partition coefficient (Wildman–Crippen LogP) is 4.95. The molecule has 3 aromatic carbocycles. The lowest BCUT2D eigenvalue weighted by Crippen LogP contribution is -2.24. The van der Waals surface area contributed by atoms with Gasteiger partial charge < -0.3 is 20.9 Å². The van der Waals surface area contributed by atoms with Crippen LogP contribution in [0.5, 0.6) is 5.75 Å². The molecule has 1 aliphatic rings. The third-order valence-electron chi connectivity index (χ3n) is 5.80. The molecule has 0 amide bonds. The quantitative estimate of drug-likeness (QED) is 0.337. The SMILES string of the molecule is Nc1ccc(OC(=O)c2ccc(C(=O)OC3CCC(c4ccc(N)cc4)CC3)cc2)cc1. The fraction of sp³-hybridized carbons (Fsp3) is 0.231. The van der Waals surface area contributed by atoms with Crippen molar-refractivity contribution >= 4 is 23.3 Å². The Morgan fingerprint density at radius 3 is 1.72 bits per heavy atom. The Hall–Kier alpha value is -3.80. The third kappa shape index (κ3) is 5.27. The molecule has 0 spiro atoms. The first-order valence-electron chi connectivity index (χ1n) is 10.7. The van der Waals surface area contributed by atoms with Crippen molar-refractivity contribution in [3.63, 3.8) is 0 Å². The van der Waals surface area contributed by atoms with Gasteiger partial charge in [-0.25, -0.2) is 9.59 Å². The van der Waals surface area contributed by atoms with Crippen molar-refractivity contribution in [1.29, 1.82) is 0 Å². The van der Waals surface area contributed by atoms with Gasteiger partial charge in [0, 0.05) is 11.4 Å². The predicted molar refractivity (Wildman–Crippen MR) is 124 cm³/mol. The molecule has 1 fully saturated rings. The molecular formula is C26H26N2O4. The minimum absolute atomic E-state index is 0.0947. The molecular weight excluding hydrogens is 404 g/mol. The molecule has 4 N–H and O–H groups in total. The Bertz CT molecular complexity index is 1070. The second-order valence-electron chi connectivity index (χ2n) is 8.08. The average molecular weight is 431 g/mol. The molecule has 0 saturated heterocycles. The van der Waals surface area contributed by atoms with Gasteiger partial charge in [0.15, 0.2) is 0 Å². The second-order valence-corrected chi connectivity index (χ2v) is 8.08. The minimum Gasteiger partial charge on any atom is -0.459 e. The van der Waals surface area contributed by atoms with E-state index in [0.717, 1.165) is 31.4 Å². The van der Waals surface area contributed by atoms with E-state index in [1.807, 2.05) is 12.1 Å². The zero-order valence-electron chi connectivity index (χ0n) is 17.7. The van der Waals surface area contributed by atoms with Crippen molar-refractivity contribution in [2.45, 2.75) is 37.7 Å². The van der Waals surface area contributed by atoms with Crippen LogP contribution in [0, 0.1) is 0 Å². The highest BCUT2D eigenvalue weighted by molar-refractivity contribution is 5.94. The van der Waals surface area contributed by atoms with Crippen LogP contribution in [0.2, 0.25) is 0 Å². The van der Waals surface area contributed by atoms with Gasteiger partial charge in [-0.15, -0.1) is 0 Å². The molecule has 0 heterocycles. The first-order chi connectivity index (χ1) is 15.5. The van der Waals surface area contributed by atoms with Gasteiger partial charge >= 0.3 is 11.9 Å². The van der Waals surface area contributed by atoms with Crippen LogP contribution in [-0.4, -0.2) is 18.0 Å². The summed E-state index contributed by atoms with van der Waals surface area (Å²) in [5.74, 6) is -0.00534. The maximum Gasteiger partial charge on any atom is 0.343 e. The Balaban J connectivity index is 1.29. The molecule has 3 aromatic rings. The van der Waals surface area contributed by atoms with E-state index in [0.29, 0.717) is 28.5 Å². The van der Waals surface area contributed by atoms with E-state index in [4.69, 9.17) is 20.9 Å². The maximum atomic E-state index is 12.5. The summed E-state index contributed by atoms with van der Waals surface area (Å²) in [5, 5.41) is 0. The zero-order chi connectivity index (χ0) is 22.5. The summed E-state index contributed by atoms with van der Waals surface area (Å²) in [6, 6.07) is 20.9. The number of rotatable bonds is 5. The van der Waals surface area contributed by atoms with Crippen LogP contribution in [-0.2, 0) is 4.74 Å². The highest BCUT2D eigenvalue weighted by Crippen LogP contribution is 2.34. The molecule has 32 heavy (non-hydrogen) atoms. The van der Waals surface area contributed by atoms with Crippen molar-refractivity contribution in [2.75, 3.05) is 11.5 Å². The van der Waals surface area contributed by atoms with Gasteiger partial charge in [-0.2, -0.15) is 0 Å². The Labute approximate surface area is 187 Å². The molecule has 0 bridgehead atoms. The number of hydrogen-bond acceptors (Lipinski definition) is 6. The Kier molecular flexibility index (Phi) is 6.40. The standard InChI is InChI=1S/C26H26N2O4/c27-21-9-5-17(6-10-21)18-7-13-23(14-8-18)31-25(29)19-1-3-20(4-2-19)26(30)32-24-15-11-22(28)12-16-24/h1-6,9-12,15-16,18,23H,7-8,13-14,27-28H2. The number of benzene rings is 3. The van der Waals surface area contributed by atoms with E-state index >= 15 is 0 Å². The summed E-state index contributed by atoms with van der Waals surface area (Å²) in [6.45, 7) is 0. The zero-order valence-corrected chi connectivity index (χ0v) is 17.7. The number of nitrogen functional groups attached to an aromatic ring is 2. The van der Waals surface area contributed by atoms with Crippen molar-refractivity contribution < 1.29 is 19.1 Å². The van der Waals surface area contributed by atoms with Crippen molar-refractivity contribution in [2.24, 2.45) is 0 Å². The smallest absolute Gasteiger partial charge is 0.343 e. The maximum absolute atomic E-state index is 12.5. The summed E-state index contributed by atoms with van der Waals surface area (Å²) in [5.41, 5.74) is 14.8. The number of esters is 2. The molecule has 4 rings (SSSR count). The summed E-state index contributed by atoms with van der Waals surface area (Å²) >= 11 is 0. The molecule has 1 aliphatic carbocycles. The number of anilines is 2. The lowest BCUT2D eigenvalue weighted by Gasteiger charge is -2.28. The van der Waals surface area contributed by atoms with Gasteiger partial charge in [0.1, 0.15) is 11.9 Å². The number of ether oxygens (including phenoxy) is 2. The van der Waals surface area contributed by atoms with Crippen molar-refractivity contribution in [3.8, 4) is 5.75 Å². The monoisotopic (exact) mass is 430 g/mol. The fourth-order valence-corrected chi connectivity index (χ4v) is 3.95. The van der Waals surface area contributed by atoms with Gasteiger partial charge in [0.05, 0.1) is 11.1 Å². The molecule has 1 saturated carbocycles. The fourth-order valence-electron chi connectivity index (χ4n) is 3.95. The van der Waals surface area contributed by atoms with E-state index in [9.17, 15) is 9.59 Å². The molecule has 6 heteroatoms. The number of carbonyl (C=O) groups is 2. The van der Waals surface area contributed by atoms with E-state index in [1.54, 1.807) is 48.5 Å². The number of nitrogens with two attached hydrogens (primary N) is 2. The van der Waals surface area contributed by atoms with Gasteiger partial charge in [0.25, 0.3) is 0 Å². The van der Waals surface area contributed by atoms with Crippen LogP contribution in [0.1, 0.15) is 57.9 Å².